The van der Waals surface area contributed by atoms with E-state index < -0.39 is 6.04 Å². The zero-order valence-corrected chi connectivity index (χ0v) is 17.9. The Hall–Kier alpha value is -2.93. The number of aromatic nitrogens is 1. The van der Waals surface area contributed by atoms with Crippen LogP contribution in [0.4, 0.5) is 5.82 Å². The van der Waals surface area contributed by atoms with Crippen molar-refractivity contribution in [3.05, 3.63) is 58.8 Å². The van der Waals surface area contributed by atoms with Gasteiger partial charge in [0, 0.05) is 18.8 Å². The number of nitrogens with one attached hydrogen (secondary N) is 3. The van der Waals surface area contributed by atoms with Crippen LogP contribution in [-0.2, 0) is 22.6 Å². The Kier molecular flexibility index (Phi) is 7.05. The maximum atomic E-state index is 12.6. The fraction of sp³-hybridized carbons (Fsp3) is 0.435. The van der Waals surface area contributed by atoms with Gasteiger partial charge >= 0.3 is 0 Å². The quantitative estimate of drug-likeness (QED) is 0.558. The molecule has 2 heterocycles. The fourth-order valence-electron chi connectivity index (χ4n) is 3.77. The smallest absolute Gasteiger partial charge is 0.242 e. The molecule has 2 amide bonds. The van der Waals surface area contributed by atoms with E-state index in [1.807, 2.05) is 13.0 Å². The second-order valence-corrected chi connectivity index (χ2v) is 7.92. The molecule has 2 aromatic rings. The molecule has 2 unspecified atom stereocenters. The van der Waals surface area contributed by atoms with Crippen molar-refractivity contribution in [1.29, 1.82) is 0 Å². The Bertz CT molecular complexity index is 914. The Balaban J connectivity index is 1.49. The van der Waals surface area contributed by atoms with Crippen molar-refractivity contribution < 1.29 is 9.59 Å². The molecule has 0 bridgehead atoms. The monoisotopic (exact) mass is 409 g/mol. The molecule has 3 rings (SSSR count). The number of rotatable bonds is 7. The number of nitrogens with zero attached hydrogens (tertiary/aromatic N) is 1. The standard InChI is InChI=1S/C23H31N5O2/c1-4-16-6-5-7-17(10-16)19-11-20(25-13-19)23(30)28-15(3)22(29)26-12-18-8-9-21(24)27-14(18)2/h5-10,15,19-20,25H,4,11-13H2,1-3H3,(H2,24,27)(H,26,29)(H,28,30)/t15-,19?,20?/m0/s1. The highest BCUT2D eigenvalue weighted by molar-refractivity contribution is 5.89. The van der Waals surface area contributed by atoms with Crippen LogP contribution >= 0.6 is 0 Å². The largest absolute Gasteiger partial charge is 0.384 e. The fourth-order valence-corrected chi connectivity index (χ4v) is 3.77. The van der Waals surface area contributed by atoms with Crippen LogP contribution < -0.4 is 21.7 Å². The number of hydrogen-bond acceptors (Lipinski definition) is 5. The molecule has 1 aliphatic rings. The molecule has 3 atom stereocenters. The van der Waals surface area contributed by atoms with E-state index in [2.05, 4.69) is 52.1 Å². The number of aryl methyl sites for hydroxylation is 2. The second kappa shape index (κ2) is 9.71. The Morgan fingerprint density at radius 2 is 2.10 bits per heavy atom. The third-order valence-electron chi connectivity index (χ3n) is 5.70. The van der Waals surface area contributed by atoms with Gasteiger partial charge in [-0.2, -0.15) is 0 Å². The van der Waals surface area contributed by atoms with Crippen molar-refractivity contribution in [1.82, 2.24) is 20.9 Å². The van der Waals surface area contributed by atoms with Crippen LogP contribution in [0.2, 0.25) is 0 Å². The van der Waals surface area contributed by atoms with E-state index in [1.54, 1.807) is 13.0 Å². The van der Waals surface area contributed by atoms with Crippen LogP contribution in [-0.4, -0.2) is 35.4 Å². The van der Waals surface area contributed by atoms with Gasteiger partial charge in [0.05, 0.1) is 6.04 Å². The molecular weight excluding hydrogens is 378 g/mol. The molecule has 0 spiro atoms. The first-order valence-corrected chi connectivity index (χ1v) is 10.5. The molecule has 7 nitrogen and oxygen atoms in total. The highest BCUT2D eigenvalue weighted by Crippen LogP contribution is 2.26. The molecule has 1 saturated heterocycles. The third-order valence-corrected chi connectivity index (χ3v) is 5.70. The SMILES string of the molecule is CCc1cccc(C2CNC(C(=O)N[C@@H](C)C(=O)NCc3ccc(N)nc3C)C2)c1. The van der Waals surface area contributed by atoms with Crippen LogP contribution in [0.1, 0.15) is 48.6 Å². The zero-order valence-electron chi connectivity index (χ0n) is 17.9. The van der Waals surface area contributed by atoms with Gasteiger partial charge < -0.3 is 21.7 Å². The summed E-state index contributed by atoms with van der Waals surface area (Å²) in [6, 6.07) is 11.2. The van der Waals surface area contributed by atoms with Crippen molar-refractivity contribution in [2.75, 3.05) is 12.3 Å². The number of nitrogen functional groups attached to an aromatic ring is 1. The number of benzene rings is 1. The molecule has 7 heteroatoms. The lowest BCUT2D eigenvalue weighted by atomic mass is 9.94. The van der Waals surface area contributed by atoms with Crippen LogP contribution in [0.5, 0.6) is 0 Å². The number of pyridine rings is 1. The van der Waals surface area contributed by atoms with Gasteiger partial charge in [0.25, 0.3) is 0 Å². The molecule has 1 aliphatic heterocycles. The van der Waals surface area contributed by atoms with E-state index in [0.29, 0.717) is 18.3 Å². The summed E-state index contributed by atoms with van der Waals surface area (Å²) in [5, 5.41) is 8.97. The van der Waals surface area contributed by atoms with Crippen LogP contribution in [0.25, 0.3) is 0 Å². The molecular formula is C23H31N5O2. The van der Waals surface area contributed by atoms with E-state index in [-0.39, 0.29) is 17.9 Å². The molecule has 0 aliphatic carbocycles. The van der Waals surface area contributed by atoms with E-state index in [4.69, 9.17) is 5.73 Å². The average molecular weight is 410 g/mol. The van der Waals surface area contributed by atoms with E-state index in [9.17, 15) is 9.59 Å². The zero-order chi connectivity index (χ0) is 21.7. The first-order valence-electron chi connectivity index (χ1n) is 10.5. The van der Waals surface area contributed by atoms with Crippen molar-refractivity contribution >= 4 is 17.6 Å². The summed E-state index contributed by atoms with van der Waals surface area (Å²) in [6.45, 7) is 6.78. The van der Waals surface area contributed by atoms with Gasteiger partial charge in [-0.25, -0.2) is 4.98 Å². The van der Waals surface area contributed by atoms with E-state index in [1.165, 1.54) is 11.1 Å². The summed E-state index contributed by atoms with van der Waals surface area (Å²) in [7, 11) is 0. The number of nitrogens with two attached hydrogens (primary N) is 1. The van der Waals surface area contributed by atoms with Gasteiger partial charge in [-0.05, 0) is 55.4 Å². The average Bonchev–Trinajstić information content (AvgIpc) is 3.23. The van der Waals surface area contributed by atoms with Gasteiger partial charge in [-0.15, -0.1) is 0 Å². The van der Waals surface area contributed by atoms with Crippen LogP contribution in [0.15, 0.2) is 36.4 Å². The summed E-state index contributed by atoms with van der Waals surface area (Å²) in [6.07, 6.45) is 1.72. The minimum absolute atomic E-state index is 0.142. The molecule has 30 heavy (non-hydrogen) atoms. The lowest BCUT2D eigenvalue weighted by Crippen LogP contribution is -2.50. The lowest BCUT2D eigenvalue weighted by Gasteiger charge is -2.17. The van der Waals surface area contributed by atoms with Crippen molar-refractivity contribution in [3.8, 4) is 0 Å². The number of amides is 2. The number of anilines is 1. The van der Waals surface area contributed by atoms with Gasteiger partial charge in [0.2, 0.25) is 11.8 Å². The predicted octanol–water partition coefficient (Wildman–Crippen LogP) is 1.80. The first kappa shape index (κ1) is 21.8. The van der Waals surface area contributed by atoms with E-state index in [0.717, 1.165) is 30.6 Å². The van der Waals surface area contributed by atoms with Gasteiger partial charge in [0.1, 0.15) is 11.9 Å². The summed E-state index contributed by atoms with van der Waals surface area (Å²) in [4.78, 5) is 29.2. The highest BCUT2D eigenvalue weighted by Gasteiger charge is 2.31. The maximum absolute atomic E-state index is 12.6. The third kappa shape index (κ3) is 5.36. The molecule has 1 aromatic heterocycles. The summed E-state index contributed by atoms with van der Waals surface area (Å²) >= 11 is 0. The predicted molar refractivity (Wildman–Crippen MR) is 118 cm³/mol. The van der Waals surface area contributed by atoms with Crippen molar-refractivity contribution in [3.63, 3.8) is 0 Å². The van der Waals surface area contributed by atoms with Gasteiger partial charge in [0.15, 0.2) is 0 Å². The van der Waals surface area contributed by atoms with Gasteiger partial charge in [-0.1, -0.05) is 37.3 Å². The molecule has 0 radical (unpaired) electrons. The number of hydrogen-bond donors (Lipinski definition) is 4. The van der Waals surface area contributed by atoms with E-state index >= 15 is 0 Å². The summed E-state index contributed by atoms with van der Waals surface area (Å²) < 4.78 is 0. The van der Waals surface area contributed by atoms with Crippen molar-refractivity contribution in [2.45, 2.75) is 58.2 Å². The summed E-state index contributed by atoms with van der Waals surface area (Å²) in [5.74, 6) is 0.381. The Morgan fingerprint density at radius 1 is 1.30 bits per heavy atom. The van der Waals surface area contributed by atoms with Crippen LogP contribution in [0, 0.1) is 6.92 Å². The molecule has 1 fully saturated rings. The number of carbonyl (C=O) groups is 2. The highest BCUT2D eigenvalue weighted by atomic mass is 16.2. The van der Waals surface area contributed by atoms with Gasteiger partial charge in [-0.3, -0.25) is 9.59 Å². The van der Waals surface area contributed by atoms with Crippen LogP contribution in [0.3, 0.4) is 0 Å². The number of carbonyl (C=O) groups excluding carboxylic acids is 2. The Morgan fingerprint density at radius 3 is 2.83 bits per heavy atom. The molecule has 1 aromatic carbocycles. The topological polar surface area (TPSA) is 109 Å². The normalized spacial score (nSPS) is 19.3. The maximum Gasteiger partial charge on any atom is 0.242 e. The molecule has 5 N–H and O–H groups in total. The minimum Gasteiger partial charge on any atom is -0.384 e. The second-order valence-electron chi connectivity index (χ2n) is 7.92. The Labute approximate surface area is 177 Å². The lowest BCUT2D eigenvalue weighted by molar-refractivity contribution is -0.129. The first-order chi connectivity index (χ1) is 14.4. The minimum atomic E-state index is -0.621. The molecule has 0 saturated carbocycles. The summed E-state index contributed by atoms with van der Waals surface area (Å²) in [5.41, 5.74) is 9.89. The van der Waals surface area contributed by atoms with Crippen molar-refractivity contribution in [2.24, 2.45) is 0 Å². The molecule has 160 valence electrons.